The third kappa shape index (κ3) is 3.45. The topological polar surface area (TPSA) is 101 Å². The molecule has 3 aromatic heterocycles. The molecule has 0 bridgehead atoms. The molecule has 0 spiro atoms. The summed E-state index contributed by atoms with van der Waals surface area (Å²) in [6.45, 7) is 2.02. The van der Waals surface area contributed by atoms with Gasteiger partial charge >= 0.3 is 0 Å². The van der Waals surface area contributed by atoms with E-state index in [9.17, 15) is 9.59 Å². The van der Waals surface area contributed by atoms with Gasteiger partial charge in [-0.2, -0.15) is 5.10 Å². The van der Waals surface area contributed by atoms with E-state index in [0.717, 1.165) is 74.2 Å². The van der Waals surface area contributed by atoms with E-state index < -0.39 is 0 Å². The molecule has 2 aliphatic rings. The molecule has 5 rings (SSSR count). The minimum absolute atomic E-state index is 0.0525. The van der Waals surface area contributed by atoms with E-state index in [1.165, 1.54) is 6.33 Å². The summed E-state index contributed by atoms with van der Waals surface area (Å²) < 4.78 is 3.29. The second-order valence-electron chi connectivity index (χ2n) is 8.02. The Morgan fingerprint density at radius 2 is 2.03 bits per heavy atom. The maximum atomic E-state index is 12.8. The molecule has 1 N–H and O–H groups in total. The van der Waals surface area contributed by atoms with Gasteiger partial charge in [0.15, 0.2) is 5.65 Å². The predicted molar refractivity (Wildman–Crippen MR) is 106 cm³/mol. The molecule has 152 valence electrons. The summed E-state index contributed by atoms with van der Waals surface area (Å²) in [7, 11) is 0. The van der Waals surface area contributed by atoms with E-state index in [1.807, 2.05) is 11.0 Å². The zero-order chi connectivity index (χ0) is 19.8. The van der Waals surface area contributed by atoms with E-state index in [4.69, 9.17) is 4.98 Å². The first-order chi connectivity index (χ1) is 14.2. The van der Waals surface area contributed by atoms with E-state index in [2.05, 4.69) is 15.2 Å². The van der Waals surface area contributed by atoms with E-state index in [-0.39, 0.29) is 11.5 Å². The first kappa shape index (κ1) is 18.1. The smallest absolute Gasteiger partial charge is 0.276 e. The van der Waals surface area contributed by atoms with E-state index in [0.29, 0.717) is 18.9 Å². The summed E-state index contributed by atoms with van der Waals surface area (Å²) in [5.74, 6) is 0.466. The number of hydrogen-bond acceptors (Lipinski definition) is 5. The van der Waals surface area contributed by atoms with Crippen LogP contribution in [-0.4, -0.2) is 53.3 Å². The molecule has 1 aliphatic carbocycles. The van der Waals surface area contributed by atoms with Gasteiger partial charge in [0.1, 0.15) is 12.7 Å². The van der Waals surface area contributed by atoms with Crippen LogP contribution in [0, 0.1) is 0 Å². The quantitative estimate of drug-likeness (QED) is 0.717. The molecule has 0 radical (unpaired) electrons. The number of amides is 1. The maximum absolute atomic E-state index is 12.8. The van der Waals surface area contributed by atoms with Crippen molar-refractivity contribution in [2.75, 3.05) is 13.1 Å². The largest absolute Gasteiger partial charge is 0.343 e. The fraction of sp³-hybridized carbons (Fsp3) is 0.550. The lowest BCUT2D eigenvalue weighted by Crippen LogP contribution is -2.38. The number of hydrogen-bond donors (Lipinski definition) is 1. The first-order valence-corrected chi connectivity index (χ1v) is 10.4. The van der Waals surface area contributed by atoms with Crippen LogP contribution in [-0.2, 0) is 24.2 Å². The van der Waals surface area contributed by atoms with Gasteiger partial charge < -0.3 is 4.90 Å². The molecule has 0 atom stereocenters. The maximum Gasteiger partial charge on any atom is 0.276 e. The molecule has 1 fully saturated rings. The van der Waals surface area contributed by atoms with Crippen molar-refractivity contribution in [1.82, 2.24) is 34.3 Å². The van der Waals surface area contributed by atoms with Gasteiger partial charge in [0.2, 0.25) is 5.91 Å². The molecule has 0 aromatic carbocycles. The molecular weight excluding hydrogens is 370 g/mol. The van der Waals surface area contributed by atoms with Crippen molar-refractivity contribution in [3.8, 4) is 0 Å². The van der Waals surface area contributed by atoms with Crippen LogP contribution in [0.15, 0.2) is 23.5 Å². The zero-order valence-electron chi connectivity index (χ0n) is 16.4. The summed E-state index contributed by atoms with van der Waals surface area (Å²) in [4.78, 5) is 35.8. The summed E-state index contributed by atoms with van der Waals surface area (Å²) in [6.07, 6.45) is 9.21. The molecule has 1 saturated heterocycles. The van der Waals surface area contributed by atoms with Gasteiger partial charge in [-0.1, -0.05) is 0 Å². The molecule has 1 aliphatic heterocycles. The fourth-order valence-electron chi connectivity index (χ4n) is 4.54. The Hall–Kier alpha value is -2.97. The molecular formula is C20H25N7O2. The molecule has 3 aromatic rings. The summed E-state index contributed by atoms with van der Waals surface area (Å²) in [5.41, 5.74) is 3.66. The van der Waals surface area contributed by atoms with Crippen LogP contribution in [0.25, 0.3) is 5.65 Å². The van der Waals surface area contributed by atoms with Gasteiger partial charge in [0, 0.05) is 42.8 Å². The second-order valence-corrected chi connectivity index (χ2v) is 8.02. The summed E-state index contributed by atoms with van der Waals surface area (Å²) in [5, 5.41) is 7.33. The van der Waals surface area contributed by atoms with Crippen molar-refractivity contribution in [3.63, 3.8) is 0 Å². The number of carbonyl (C=O) groups is 1. The lowest BCUT2D eigenvalue weighted by atomic mass is 9.93. The van der Waals surface area contributed by atoms with Crippen molar-refractivity contribution in [2.45, 2.75) is 57.4 Å². The van der Waals surface area contributed by atoms with Crippen molar-refractivity contribution >= 4 is 11.6 Å². The highest BCUT2D eigenvalue weighted by molar-refractivity contribution is 5.76. The number of rotatable bonds is 4. The van der Waals surface area contributed by atoms with Crippen LogP contribution in [0.5, 0.6) is 0 Å². The molecule has 1 amide bonds. The molecule has 0 saturated carbocycles. The number of fused-ring (bicyclic) bond motifs is 2. The van der Waals surface area contributed by atoms with Gasteiger partial charge in [-0.25, -0.2) is 14.5 Å². The average Bonchev–Trinajstić information content (AvgIpc) is 3.42. The number of aryl methyl sites for hydroxylation is 2. The van der Waals surface area contributed by atoms with Crippen LogP contribution in [0.3, 0.4) is 0 Å². The van der Waals surface area contributed by atoms with E-state index >= 15 is 0 Å². The third-order valence-corrected chi connectivity index (χ3v) is 6.21. The molecule has 4 heterocycles. The van der Waals surface area contributed by atoms with Crippen molar-refractivity contribution in [1.29, 1.82) is 0 Å². The number of nitrogens with one attached hydrogen (secondary N) is 1. The Kier molecular flexibility index (Phi) is 4.65. The number of likely N-dealkylation sites (tertiary alicyclic amines) is 1. The lowest BCUT2D eigenvalue weighted by molar-refractivity contribution is -0.132. The Morgan fingerprint density at radius 3 is 2.83 bits per heavy atom. The highest BCUT2D eigenvalue weighted by Crippen LogP contribution is 2.28. The Labute approximate surface area is 167 Å². The third-order valence-electron chi connectivity index (χ3n) is 6.21. The number of aromatic amines is 1. The minimum Gasteiger partial charge on any atom is -0.343 e. The van der Waals surface area contributed by atoms with Crippen LogP contribution in [0.2, 0.25) is 0 Å². The number of nitrogens with zero attached hydrogens (tertiary/aromatic N) is 6. The normalized spacial score (nSPS) is 17.6. The Morgan fingerprint density at radius 1 is 1.21 bits per heavy atom. The number of H-pyrrole nitrogens is 1. The number of carbonyl (C=O) groups excluding carboxylic acids is 1. The molecule has 0 unspecified atom stereocenters. The Bertz CT molecular complexity index is 1070. The second kappa shape index (κ2) is 7.46. The van der Waals surface area contributed by atoms with Gasteiger partial charge in [0.05, 0.1) is 12.2 Å². The molecule has 9 heteroatoms. The average molecular weight is 395 g/mol. The van der Waals surface area contributed by atoms with Gasteiger partial charge in [-0.15, -0.1) is 0 Å². The monoisotopic (exact) mass is 395 g/mol. The minimum atomic E-state index is 0.0525. The fourth-order valence-corrected chi connectivity index (χ4v) is 4.54. The number of aromatic nitrogens is 6. The van der Waals surface area contributed by atoms with Crippen LogP contribution in [0.1, 0.15) is 55.0 Å². The predicted octanol–water partition coefficient (Wildman–Crippen LogP) is 1.29. The van der Waals surface area contributed by atoms with Crippen molar-refractivity contribution in [2.24, 2.45) is 0 Å². The van der Waals surface area contributed by atoms with Gasteiger partial charge in [0.25, 0.3) is 5.56 Å². The zero-order valence-corrected chi connectivity index (χ0v) is 16.4. The highest BCUT2D eigenvalue weighted by Gasteiger charge is 2.26. The standard InChI is InChI=1S/C20H25N7O2/c28-19(7-10-26-13-21-12-22-26)25-8-5-14(6-9-25)17-11-18-23-16-4-2-1-3-15(16)20(29)27(18)24-17/h11-14,24H,1-10H2. The van der Waals surface area contributed by atoms with Crippen LogP contribution >= 0.6 is 0 Å². The van der Waals surface area contributed by atoms with E-state index in [1.54, 1.807) is 15.5 Å². The number of piperidine rings is 1. The van der Waals surface area contributed by atoms with Crippen molar-refractivity contribution in [3.05, 3.63) is 46.0 Å². The lowest BCUT2D eigenvalue weighted by Gasteiger charge is -2.31. The molecule has 9 nitrogen and oxygen atoms in total. The Balaban J connectivity index is 1.26. The SMILES string of the molecule is O=C(CCn1cncn1)N1CCC(c2cc3nc4c(c(=O)n3[nH]2)CCCC4)CC1. The first-order valence-electron chi connectivity index (χ1n) is 10.4. The molecule has 29 heavy (non-hydrogen) atoms. The summed E-state index contributed by atoms with van der Waals surface area (Å²) in [6, 6.07) is 2.02. The van der Waals surface area contributed by atoms with Gasteiger partial charge in [-0.05, 0) is 38.5 Å². The van der Waals surface area contributed by atoms with Crippen LogP contribution in [0.4, 0.5) is 0 Å². The highest BCUT2D eigenvalue weighted by atomic mass is 16.2. The van der Waals surface area contributed by atoms with Crippen molar-refractivity contribution < 1.29 is 4.79 Å². The van der Waals surface area contributed by atoms with Crippen LogP contribution < -0.4 is 5.56 Å². The summed E-state index contributed by atoms with van der Waals surface area (Å²) >= 11 is 0. The van der Waals surface area contributed by atoms with Gasteiger partial charge in [-0.3, -0.25) is 19.4 Å².